The fourth-order valence-corrected chi connectivity index (χ4v) is 13.1. The van der Waals surface area contributed by atoms with Crippen LogP contribution in [0.4, 0.5) is 15.3 Å². The van der Waals surface area contributed by atoms with E-state index in [2.05, 4.69) is 26.6 Å². The quantitative estimate of drug-likeness (QED) is 0.0256. The number of benzene rings is 2. The lowest BCUT2D eigenvalue weighted by molar-refractivity contribution is -0.151. The average Bonchev–Trinajstić information content (AvgIpc) is 1.71. The lowest BCUT2D eigenvalue weighted by atomic mass is 9.89. The topological polar surface area (TPSA) is 369 Å². The number of anilines is 1. The predicted molar refractivity (Wildman–Crippen MR) is 392 cm³/mol. The average molecular weight is 1480 g/mol. The highest BCUT2D eigenvalue weighted by Crippen LogP contribution is 2.31. The maximum atomic E-state index is 14.9. The maximum Gasteiger partial charge on any atom is 0.410 e. The Balaban J connectivity index is 1.38. The van der Waals surface area contributed by atoms with Crippen LogP contribution in [0.1, 0.15) is 144 Å². The van der Waals surface area contributed by atoms with Crippen molar-refractivity contribution in [2.75, 3.05) is 100 Å². The molecule has 2 heterocycles. The van der Waals surface area contributed by atoms with Crippen molar-refractivity contribution in [2.24, 2.45) is 41.2 Å². The van der Waals surface area contributed by atoms with E-state index in [1.165, 1.54) is 43.2 Å². The fourth-order valence-electron chi connectivity index (χ4n) is 13.1. The highest BCUT2D eigenvalue weighted by atomic mass is 16.6. The van der Waals surface area contributed by atoms with Crippen molar-refractivity contribution in [3.63, 3.8) is 0 Å². The molecule has 0 bridgehead atoms. The van der Waals surface area contributed by atoms with Crippen molar-refractivity contribution in [1.29, 1.82) is 0 Å². The molecule has 0 unspecified atom stereocenters. The number of methoxy groups -OCH3 is 3. The molecule has 4 rings (SSSR count). The summed E-state index contributed by atoms with van der Waals surface area (Å²) in [6, 6.07) is 9.62. The van der Waals surface area contributed by atoms with Gasteiger partial charge in [0.15, 0.2) is 5.78 Å². The first kappa shape index (κ1) is 89.0. The lowest BCUT2D eigenvalue weighted by Gasteiger charge is -2.41. The molecule has 0 radical (unpaired) electrons. The Bertz CT molecular complexity index is 3140. The minimum atomic E-state index is -1.10. The van der Waals surface area contributed by atoms with E-state index < -0.39 is 114 Å². The SMILES string of the molecule is CC[C@H](C)[C@@H]([C@@H](CC(=O)N1CCC[C@H]1[C@H](OC)[C@@H](C)C(=O)N[C@@H](Cc1ccccc1)C(=O)OCCOCCOCCOC)OC)N(C)C(=O)[C@@H](NC(=O)[C@H](C(C)C)N(C)C(=O)OCc1ccc(NC(=O)[C@H](CCCNC(N)=O)CC(=O)[C@@H](NC(=O)CCCCCN2C(=O)C=CC2=O)C(C)C)cc1)C(C)C. The molecule has 0 spiro atoms. The Morgan fingerprint density at radius 3 is 1.89 bits per heavy atom. The molecule has 11 atom stereocenters. The van der Waals surface area contributed by atoms with Gasteiger partial charge in [0.1, 0.15) is 31.3 Å². The van der Waals surface area contributed by atoms with Gasteiger partial charge in [-0.1, -0.05) is 118 Å². The van der Waals surface area contributed by atoms with Crippen LogP contribution >= 0.6 is 0 Å². The summed E-state index contributed by atoms with van der Waals surface area (Å²) in [5, 5.41) is 14.0. The van der Waals surface area contributed by atoms with Crippen molar-refractivity contribution >= 4 is 76.8 Å². The van der Waals surface area contributed by atoms with Gasteiger partial charge in [-0.3, -0.25) is 53.0 Å². The van der Waals surface area contributed by atoms with Gasteiger partial charge in [-0.05, 0) is 85.5 Å². The van der Waals surface area contributed by atoms with Crippen molar-refractivity contribution in [1.82, 2.24) is 40.9 Å². The molecule has 105 heavy (non-hydrogen) atoms. The van der Waals surface area contributed by atoms with Crippen LogP contribution in [0.5, 0.6) is 0 Å². The summed E-state index contributed by atoms with van der Waals surface area (Å²) < 4.78 is 39.4. The zero-order valence-corrected chi connectivity index (χ0v) is 64.1. The molecule has 29 nitrogen and oxygen atoms in total. The standard InChI is InChI=1S/C76H118N10O19/c1-15-51(8)68(60(100-13)46-64(91)85-37-23-27-58(85)69(101-14)52(9)70(92)80-57(44-53-24-18-16-19-25-53)74(96)104-43-42-103-41-40-102-39-38-99-12)83(10)73(95)66(49(4)5)82-72(94)67(50(6)7)84(11)76(98)105-47-54-29-31-56(32-30-54)79-71(93)55(26-22-35-78-75(77)97)45-59(87)65(48(2)3)81-61(88)28-20-17-21-36-86-62(89)33-34-63(86)90/h16,18-19,24-25,29-34,48-52,55,57-58,60,65-69H,15,17,20-23,26-28,35-47H2,1-14H3,(H,79,93)(H,80,92)(H,81,88)(H,82,94)(H3,77,78,97)/t51-,52+,55+,57-,58-,60+,65-,66-,67-,68-,69+/m0/s1. The molecular weight excluding hydrogens is 1360 g/mol. The number of hydrogen-bond acceptors (Lipinski definition) is 19. The molecule has 1 fully saturated rings. The molecular formula is C76H118N10O19. The molecule has 2 aliphatic heterocycles. The van der Waals surface area contributed by atoms with Gasteiger partial charge < -0.3 is 75.3 Å². The fraction of sp³-hybridized carbons (Fsp3) is 0.658. The highest BCUT2D eigenvalue weighted by molar-refractivity contribution is 6.12. The number of amides is 11. The minimum Gasteiger partial charge on any atom is -0.462 e. The largest absolute Gasteiger partial charge is 0.462 e. The second-order valence-electron chi connectivity index (χ2n) is 28.1. The van der Waals surface area contributed by atoms with Gasteiger partial charge in [0.25, 0.3) is 11.8 Å². The molecule has 586 valence electrons. The first-order valence-corrected chi connectivity index (χ1v) is 36.8. The Kier molecular flexibility index (Phi) is 39.5. The first-order valence-electron chi connectivity index (χ1n) is 36.8. The zero-order chi connectivity index (χ0) is 77.9. The lowest BCUT2D eigenvalue weighted by Crippen LogP contribution is -2.60. The molecule has 11 amide bonds. The van der Waals surface area contributed by atoms with Crippen LogP contribution in [0, 0.1) is 35.5 Å². The van der Waals surface area contributed by atoms with Gasteiger partial charge in [-0.25, -0.2) is 14.4 Å². The number of urea groups is 1. The normalized spacial score (nSPS) is 16.5. The van der Waals surface area contributed by atoms with E-state index >= 15 is 0 Å². The van der Waals surface area contributed by atoms with Crippen LogP contribution in [0.15, 0.2) is 66.7 Å². The third kappa shape index (κ3) is 29.1. The summed E-state index contributed by atoms with van der Waals surface area (Å²) in [6.45, 7) is 18.4. The smallest absolute Gasteiger partial charge is 0.410 e. The number of nitrogens with two attached hydrogens (primary N) is 1. The van der Waals surface area contributed by atoms with E-state index in [1.54, 1.807) is 91.8 Å². The first-order chi connectivity index (χ1) is 50.0. The number of hydrogen-bond donors (Lipinski definition) is 6. The number of nitrogens with zero attached hydrogens (tertiary/aromatic N) is 4. The Morgan fingerprint density at radius 1 is 0.657 bits per heavy atom. The number of likely N-dealkylation sites (tertiary alicyclic amines) is 1. The summed E-state index contributed by atoms with van der Waals surface area (Å²) in [4.78, 5) is 167. The van der Waals surface area contributed by atoms with Crippen LogP contribution in [-0.4, -0.2) is 234 Å². The van der Waals surface area contributed by atoms with Gasteiger partial charge in [-0.2, -0.15) is 0 Å². The zero-order valence-electron chi connectivity index (χ0n) is 64.1. The third-order valence-corrected chi connectivity index (χ3v) is 19.2. The number of ether oxygens (including phenoxy) is 7. The third-order valence-electron chi connectivity index (χ3n) is 19.2. The van der Waals surface area contributed by atoms with E-state index in [-0.39, 0.29) is 106 Å². The van der Waals surface area contributed by atoms with Gasteiger partial charge in [0.2, 0.25) is 35.4 Å². The Morgan fingerprint density at radius 2 is 1.30 bits per heavy atom. The van der Waals surface area contributed by atoms with Crippen LogP contribution in [0.3, 0.4) is 0 Å². The Hall–Kier alpha value is -8.38. The number of Topliss-reactive ketones (excluding diaryl/α,β-unsaturated/α-hetero) is 1. The molecule has 2 aromatic rings. The van der Waals surface area contributed by atoms with Crippen LogP contribution < -0.4 is 32.3 Å². The number of ketones is 1. The highest BCUT2D eigenvalue weighted by Gasteiger charge is 2.44. The molecule has 0 aromatic heterocycles. The summed E-state index contributed by atoms with van der Waals surface area (Å²) in [5.41, 5.74) is 6.97. The number of likely N-dealkylation sites (N-methyl/N-ethyl adjacent to an activating group) is 2. The Labute approximate surface area is 619 Å². The molecule has 2 aliphatic rings. The van der Waals surface area contributed by atoms with Crippen LogP contribution in [0.2, 0.25) is 0 Å². The summed E-state index contributed by atoms with van der Waals surface area (Å²) in [5.74, 6) is -7.52. The number of primary amides is 1. The summed E-state index contributed by atoms with van der Waals surface area (Å²) in [6.07, 6.45) is 3.69. The second kappa shape index (κ2) is 46.5. The monoisotopic (exact) mass is 1470 g/mol. The van der Waals surface area contributed by atoms with Crippen LogP contribution in [-0.2, 0) is 94.1 Å². The molecule has 1 saturated heterocycles. The van der Waals surface area contributed by atoms with E-state index in [1.807, 2.05) is 44.2 Å². The summed E-state index contributed by atoms with van der Waals surface area (Å²) in [7, 11) is 7.61. The number of esters is 1. The van der Waals surface area contributed by atoms with Crippen LogP contribution in [0.25, 0.3) is 0 Å². The van der Waals surface area contributed by atoms with E-state index in [0.29, 0.717) is 89.2 Å². The number of rotatable bonds is 49. The van der Waals surface area contributed by atoms with Crippen molar-refractivity contribution < 1.29 is 90.7 Å². The molecule has 7 N–H and O–H groups in total. The number of imide groups is 1. The molecule has 0 saturated carbocycles. The second-order valence-corrected chi connectivity index (χ2v) is 28.1. The van der Waals surface area contributed by atoms with E-state index in [9.17, 15) is 57.5 Å². The number of nitrogens with one attached hydrogen (secondary N) is 5. The molecule has 0 aliphatic carbocycles. The maximum absolute atomic E-state index is 14.9. The van der Waals surface area contributed by atoms with Crippen molar-refractivity contribution in [3.05, 3.63) is 77.9 Å². The molecule has 29 heteroatoms. The van der Waals surface area contributed by atoms with E-state index in [0.717, 1.165) is 10.5 Å². The van der Waals surface area contributed by atoms with Gasteiger partial charge in [0, 0.05) is 98.1 Å². The van der Waals surface area contributed by atoms with Crippen molar-refractivity contribution in [2.45, 2.75) is 194 Å². The number of carbonyl (C=O) groups excluding carboxylic acids is 12. The number of carbonyl (C=O) groups is 12. The number of unbranched alkanes of at least 4 members (excludes halogenated alkanes) is 2. The summed E-state index contributed by atoms with van der Waals surface area (Å²) >= 11 is 0. The molecule has 2 aromatic carbocycles. The van der Waals surface area contributed by atoms with Gasteiger partial charge in [0.05, 0.1) is 75.7 Å². The minimum absolute atomic E-state index is 0.0454. The van der Waals surface area contributed by atoms with Gasteiger partial charge >= 0.3 is 18.1 Å². The van der Waals surface area contributed by atoms with E-state index in [4.69, 9.17) is 38.9 Å². The van der Waals surface area contributed by atoms with Gasteiger partial charge in [-0.15, -0.1) is 0 Å². The predicted octanol–water partition coefficient (Wildman–Crippen LogP) is 5.88. The van der Waals surface area contributed by atoms with Crippen molar-refractivity contribution in [3.8, 4) is 0 Å².